The molecule has 0 heterocycles. The van der Waals surface area contributed by atoms with Crippen LogP contribution < -0.4 is 15.4 Å². The molecule has 1 atom stereocenters. The lowest BCUT2D eigenvalue weighted by Crippen LogP contribution is -2.48. The zero-order valence-corrected chi connectivity index (χ0v) is 16.7. The molecule has 154 valence electrons. The average Bonchev–Trinajstić information content (AvgIpc) is 2.69. The lowest BCUT2D eigenvalue weighted by molar-refractivity contribution is -0.127. The van der Waals surface area contributed by atoms with Crippen LogP contribution in [0.1, 0.15) is 69.2 Å². The third-order valence-corrected chi connectivity index (χ3v) is 4.69. The predicted molar refractivity (Wildman–Crippen MR) is 105 cm³/mol. The summed E-state index contributed by atoms with van der Waals surface area (Å²) in [4.78, 5) is 36.2. The Morgan fingerprint density at radius 1 is 1.11 bits per heavy atom. The first-order chi connectivity index (χ1) is 13.5. The van der Waals surface area contributed by atoms with Gasteiger partial charge in [0.05, 0.1) is 12.2 Å². The molecule has 1 aliphatic carbocycles. The Kier molecular flexibility index (Phi) is 8.78. The monoisotopic (exact) mass is 390 g/mol. The quantitative estimate of drug-likeness (QED) is 0.523. The Morgan fingerprint density at radius 3 is 2.43 bits per heavy atom. The zero-order valence-electron chi connectivity index (χ0n) is 16.7. The van der Waals surface area contributed by atoms with Crippen LogP contribution in [0.4, 0.5) is 4.79 Å². The van der Waals surface area contributed by atoms with Crippen LogP contribution in [0.5, 0.6) is 5.75 Å². The smallest absolute Gasteiger partial charge is 0.338 e. The van der Waals surface area contributed by atoms with Gasteiger partial charge in [-0.05, 0) is 50.5 Å². The molecule has 1 saturated carbocycles. The summed E-state index contributed by atoms with van der Waals surface area (Å²) < 4.78 is 10.7. The number of imide groups is 1. The van der Waals surface area contributed by atoms with Gasteiger partial charge >= 0.3 is 12.0 Å². The minimum atomic E-state index is -1.08. The first-order valence-corrected chi connectivity index (χ1v) is 10.0. The molecule has 0 saturated heterocycles. The SMILES string of the molecule is CCCCOc1ccc(C(=O)O[C@@H](C)C(=O)NC(=O)NC2CCCCC2)cc1. The summed E-state index contributed by atoms with van der Waals surface area (Å²) in [6, 6.07) is 6.10. The number of hydrogen-bond acceptors (Lipinski definition) is 5. The number of carbonyl (C=O) groups is 3. The summed E-state index contributed by atoms with van der Waals surface area (Å²) in [5, 5.41) is 5.03. The van der Waals surface area contributed by atoms with E-state index in [0.29, 0.717) is 17.9 Å². The molecular weight excluding hydrogens is 360 g/mol. The van der Waals surface area contributed by atoms with Gasteiger partial charge in [0.2, 0.25) is 0 Å². The summed E-state index contributed by atoms with van der Waals surface area (Å²) in [6.45, 7) is 4.14. The largest absolute Gasteiger partial charge is 0.494 e. The van der Waals surface area contributed by atoms with Crippen molar-refractivity contribution >= 4 is 17.9 Å². The third kappa shape index (κ3) is 7.21. The van der Waals surface area contributed by atoms with Crippen molar-refractivity contribution in [2.75, 3.05) is 6.61 Å². The molecule has 7 nitrogen and oxygen atoms in total. The molecule has 3 amide bonds. The first kappa shape index (κ1) is 21.7. The van der Waals surface area contributed by atoms with Crippen molar-refractivity contribution in [2.45, 2.75) is 70.9 Å². The Morgan fingerprint density at radius 2 is 1.79 bits per heavy atom. The minimum absolute atomic E-state index is 0.0949. The predicted octanol–water partition coefficient (Wildman–Crippen LogP) is 3.57. The van der Waals surface area contributed by atoms with Crippen LogP contribution in [0.2, 0.25) is 0 Å². The molecular formula is C21H30N2O5. The maximum absolute atomic E-state index is 12.2. The number of carbonyl (C=O) groups excluding carboxylic acids is 3. The fourth-order valence-electron chi connectivity index (χ4n) is 2.99. The highest BCUT2D eigenvalue weighted by Gasteiger charge is 2.22. The van der Waals surface area contributed by atoms with E-state index >= 15 is 0 Å². The molecule has 0 bridgehead atoms. The highest BCUT2D eigenvalue weighted by atomic mass is 16.5. The number of urea groups is 1. The van der Waals surface area contributed by atoms with Gasteiger partial charge in [0, 0.05) is 6.04 Å². The molecule has 1 aromatic rings. The number of nitrogens with one attached hydrogen (secondary N) is 2. The van der Waals surface area contributed by atoms with Crippen LogP contribution >= 0.6 is 0 Å². The summed E-state index contributed by atoms with van der Waals surface area (Å²) in [7, 11) is 0. The van der Waals surface area contributed by atoms with E-state index in [0.717, 1.165) is 38.5 Å². The van der Waals surface area contributed by atoms with Crippen molar-refractivity contribution in [1.29, 1.82) is 0 Å². The van der Waals surface area contributed by atoms with E-state index in [1.807, 2.05) is 0 Å². The molecule has 7 heteroatoms. The molecule has 0 unspecified atom stereocenters. The van der Waals surface area contributed by atoms with Gasteiger partial charge in [-0.1, -0.05) is 32.6 Å². The molecule has 1 fully saturated rings. The maximum atomic E-state index is 12.2. The van der Waals surface area contributed by atoms with Crippen LogP contribution in [-0.4, -0.2) is 36.7 Å². The molecule has 0 aliphatic heterocycles. The highest BCUT2D eigenvalue weighted by Crippen LogP contribution is 2.17. The fraction of sp³-hybridized carbons (Fsp3) is 0.571. The van der Waals surface area contributed by atoms with Crippen LogP contribution in [-0.2, 0) is 9.53 Å². The van der Waals surface area contributed by atoms with Crippen LogP contribution in [0.3, 0.4) is 0 Å². The van der Waals surface area contributed by atoms with Crippen LogP contribution in [0.15, 0.2) is 24.3 Å². The summed E-state index contributed by atoms with van der Waals surface area (Å²) in [6.07, 6.45) is 6.11. The van der Waals surface area contributed by atoms with Gasteiger partial charge in [-0.15, -0.1) is 0 Å². The van der Waals surface area contributed by atoms with E-state index in [9.17, 15) is 14.4 Å². The molecule has 0 aromatic heterocycles. The molecule has 28 heavy (non-hydrogen) atoms. The zero-order chi connectivity index (χ0) is 20.4. The summed E-state index contributed by atoms with van der Waals surface area (Å²) >= 11 is 0. The molecule has 1 aromatic carbocycles. The molecule has 2 rings (SSSR count). The van der Waals surface area contributed by atoms with Crippen LogP contribution in [0.25, 0.3) is 0 Å². The number of unbranched alkanes of at least 4 members (excludes halogenated alkanes) is 1. The minimum Gasteiger partial charge on any atom is -0.494 e. The standard InChI is InChI=1S/C21H30N2O5/c1-3-4-14-27-18-12-10-16(11-13-18)20(25)28-15(2)19(24)23-21(26)22-17-8-6-5-7-9-17/h10-13,15,17H,3-9,14H2,1-2H3,(H2,22,23,24,26)/t15-/m0/s1. The summed E-state index contributed by atoms with van der Waals surface area (Å²) in [5.74, 6) is -0.605. The highest BCUT2D eigenvalue weighted by molar-refractivity contribution is 5.98. The van der Waals surface area contributed by atoms with Gasteiger partial charge in [-0.25, -0.2) is 9.59 Å². The van der Waals surface area contributed by atoms with Gasteiger partial charge in [0.1, 0.15) is 5.75 Å². The van der Waals surface area contributed by atoms with E-state index in [1.165, 1.54) is 13.3 Å². The topological polar surface area (TPSA) is 93.7 Å². The first-order valence-electron chi connectivity index (χ1n) is 10.0. The Bertz CT molecular complexity index is 653. The maximum Gasteiger partial charge on any atom is 0.338 e. The Hall–Kier alpha value is -2.57. The number of amides is 3. The molecule has 0 spiro atoms. The fourth-order valence-corrected chi connectivity index (χ4v) is 2.99. The van der Waals surface area contributed by atoms with E-state index in [-0.39, 0.29) is 6.04 Å². The molecule has 1 aliphatic rings. The van der Waals surface area contributed by atoms with Gasteiger partial charge in [0.15, 0.2) is 6.10 Å². The van der Waals surface area contributed by atoms with Crippen molar-refractivity contribution in [2.24, 2.45) is 0 Å². The molecule has 0 radical (unpaired) electrons. The Balaban J connectivity index is 1.77. The molecule has 2 N–H and O–H groups in total. The van der Waals surface area contributed by atoms with Crippen molar-refractivity contribution in [1.82, 2.24) is 10.6 Å². The number of benzene rings is 1. The van der Waals surface area contributed by atoms with Crippen molar-refractivity contribution in [3.05, 3.63) is 29.8 Å². The van der Waals surface area contributed by atoms with Gasteiger partial charge < -0.3 is 14.8 Å². The van der Waals surface area contributed by atoms with E-state index < -0.39 is 24.0 Å². The van der Waals surface area contributed by atoms with Crippen LogP contribution in [0, 0.1) is 0 Å². The second-order valence-electron chi connectivity index (χ2n) is 7.07. The lowest BCUT2D eigenvalue weighted by atomic mass is 9.96. The van der Waals surface area contributed by atoms with Gasteiger partial charge in [0.25, 0.3) is 5.91 Å². The second-order valence-corrected chi connectivity index (χ2v) is 7.07. The van der Waals surface area contributed by atoms with Gasteiger partial charge in [-0.3, -0.25) is 10.1 Å². The number of hydrogen-bond donors (Lipinski definition) is 2. The van der Waals surface area contributed by atoms with Crippen molar-refractivity contribution in [3.8, 4) is 5.75 Å². The van der Waals surface area contributed by atoms with Crippen molar-refractivity contribution < 1.29 is 23.9 Å². The van der Waals surface area contributed by atoms with Crippen molar-refractivity contribution in [3.63, 3.8) is 0 Å². The number of esters is 1. The normalized spacial score (nSPS) is 15.4. The third-order valence-electron chi connectivity index (χ3n) is 4.69. The average molecular weight is 390 g/mol. The summed E-state index contributed by atoms with van der Waals surface area (Å²) in [5.41, 5.74) is 0.314. The van der Waals surface area contributed by atoms with E-state index in [1.54, 1.807) is 24.3 Å². The Labute approximate surface area is 166 Å². The second kappa shape index (κ2) is 11.3. The van der Waals surface area contributed by atoms with E-state index in [4.69, 9.17) is 9.47 Å². The van der Waals surface area contributed by atoms with Gasteiger partial charge in [-0.2, -0.15) is 0 Å². The number of ether oxygens (including phenoxy) is 2. The number of rotatable bonds is 8. The lowest BCUT2D eigenvalue weighted by Gasteiger charge is -2.23. The van der Waals surface area contributed by atoms with E-state index in [2.05, 4.69) is 17.6 Å².